The first kappa shape index (κ1) is 8.48. The highest BCUT2D eigenvalue weighted by Crippen LogP contribution is 2.37. The number of hydrogen-bond donors (Lipinski definition) is 1. The van der Waals surface area contributed by atoms with Crippen molar-refractivity contribution in [1.82, 2.24) is 4.90 Å². The van der Waals surface area contributed by atoms with Crippen LogP contribution in [0.2, 0.25) is 0 Å². The molecule has 3 heteroatoms. The summed E-state index contributed by atoms with van der Waals surface area (Å²) < 4.78 is 5.53. The van der Waals surface area contributed by atoms with E-state index >= 15 is 0 Å². The van der Waals surface area contributed by atoms with E-state index in [1.807, 2.05) is 0 Å². The molecule has 4 atom stereocenters. The van der Waals surface area contributed by atoms with Crippen molar-refractivity contribution >= 4 is 0 Å². The lowest BCUT2D eigenvalue weighted by molar-refractivity contribution is 0.0990. The quantitative estimate of drug-likeness (QED) is 0.574. The van der Waals surface area contributed by atoms with Crippen molar-refractivity contribution < 1.29 is 9.84 Å². The van der Waals surface area contributed by atoms with Gasteiger partial charge in [-0.05, 0) is 33.4 Å². The predicted octanol–water partition coefficient (Wildman–Crippen LogP) is 0.229. The molecule has 0 aromatic carbocycles. The van der Waals surface area contributed by atoms with Gasteiger partial charge in [-0.2, -0.15) is 0 Å². The van der Waals surface area contributed by atoms with Gasteiger partial charge in [0.1, 0.15) is 0 Å². The van der Waals surface area contributed by atoms with Crippen LogP contribution in [-0.4, -0.2) is 48.5 Å². The zero-order valence-electron chi connectivity index (χ0n) is 7.73. The lowest BCUT2D eigenvalue weighted by Crippen LogP contribution is -2.35. The van der Waals surface area contributed by atoms with E-state index < -0.39 is 0 Å². The number of ether oxygens (including phenoxy) is 1. The largest absolute Gasteiger partial charge is 0.393 e. The molecule has 0 aromatic heterocycles. The Labute approximate surface area is 73.3 Å². The van der Waals surface area contributed by atoms with Crippen molar-refractivity contribution in [2.24, 2.45) is 0 Å². The van der Waals surface area contributed by atoms with E-state index in [0.29, 0.717) is 18.2 Å². The second-order valence-electron chi connectivity index (χ2n) is 4.14. The Kier molecular flexibility index (Phi) is 2.10. The van der Waals surface area contributed by atoms with Crippen molar-refractivity contribution in [2.75, 3.05) is 14.1 Å². The third kappa shape index (κ3) is 1.49. The van der Waals surface area contributed by atoms with Crippen LogP contribution in [0.5, 0.6) is 0 Å². The maximum Gasteiger partial charge on any atom is 0.0997 e. The van der Waals surface area contributed by atoms with Gasteiger partial charge >= 0.3 is 0 Å². The maximum atomic E-state index is 9.56. The van der Waals surface area contributed by atoms with Crippen LogP contribution in [0.1, 0.15) is 19.3 Å². The van der Waals surface area contributed by atoms with E-state index in [9.17, 15) is 5.11 Å². The van der Waals surface area contributed by atoms with Crippen LogP contribution in [0.15, 0.2) is 0 Å². The highest BCUT2D eigenvalue weighted by molar-refractivity contribution is 4.98. The minimum atomic E-state index is -0.117. The standard InChI is InChI=1S/C9H17NO2/c1-10(2)7-5-6(11)3-4-8-9(7)12-8/h6-9,11H,3-5H2,1-2H3/t6-,7?,8?,9?/m1/s1. The number of aliphatic hydroxyl groups excluding tert-OH is 1. The average molecular weight is 171 g/mol. The van der Waals surface area contributed by atoms with Crippen LogP contribution in [0, 0.1) is 0 Å². The summed E-state index contributed by atoms with van der Waals surface area (Å²) in [6.45, 7) is 0. The topological polar surface area (TPSA) is 36.0 Å². The van der Waals surface area contributed by atoms with Gasteiger partial charge < -0.3 is 14.7 Å². The third-order valence-electron chi connectivity index (χ3n) is 2.96. The number of epoxide rings is 1. The van der Waals surface area contributed by atoms with Gasteiger partial charge in [0.2, 0.25) is 0 Å². The molecule has 0 radical (unpaired) electrons. The van der Waals surface area contributed by atoms with Gasteiger partial charge in [0.05, 0.1) is 18.3 Å². The Morgan fingerprint density at radius 2 is 2.08 bits per heavy atom. The van der Waals surface area contributed by atoms with Gasteiger partial charge in [-0.1, -0.05) is 0 Å². The Morgan fingerprint density at radius 1 is 1.33 bits per heavy atom. The van der Waals surface area contributed by atoms with Crippen LogP contribution in [0.25, 0.3) is 0 Å². The number of fused-ring (bicyclic) bond motifs is 1. The molecule has 12 heavy (non-hydrogen) atoms. The van der Waals surface area contributed by atoms with Crippen molar-refractivity contribution in [2.45, 2.75) is 43.6 Å². The molecule has 2 aliphatic rings. The minimum absolute atomic E-state index is 0.117. The van der Waals surface area contributed by atoms with E-state index in [2.05, 4.69) is 19.0 Å². The summed E-state index contributed by atoms with van der Waals surface area (Å²) in [5.74, 6) is 0. The van der Waals surface area contributed by atoms with Gasteiger partial charge in [0.15, 0.2) is 0 Å². The molecular formula is C9H17NO2. The molecule has 0 bridgehead atoms. The molecule has 1 heterocycles. The lowest BCUT2D eigenvalue weighted by Gasteiger charge is -2.23. The normalized spacial score (nSPS) is 47.0. The summed E-state index contributed by atoms with van der Waals surface area (Å²) in [6.07, 6.45) is 3.54. The van der Waals surface area contributed by atoms with E-state index in [0.717, 1.165) is 19.3 Å². The van der Waals surface area contributed by atoms with E-state index in [-0.39, 0.29) is 6.10 Å². The van der Waals surface area contributed by atoms with Crippen LogP contribution in [-0.2, 0) is 4.74 Å². The maximum absolute atomic E-state index is 9.56. The molecular weight excluding hydrogens is 154 g/mol. The van der Waals surface area contributed by atoms with E-state index in [1.54, 1.807) is 0 Å². The minimum Gasteiger partial charge on any atom is -0.393 e. The van der Waals surface area contributed by atoms with Crippen molar-refractivity contribution in [3.05, 3.63) is 0 Å². The number of hydrogen-bond acceptors (Lipinski definition) is 3. The van der Waals surface area contributed by atoms with Crippen LogP contribution in [0.4, 0.5) is 0 Å². The first-order valence-electron chi connectivity index (χ1n) is 4.68. The first-order valence-corrected chi connectivity index (χ1v) is 4.68. The molecule has 3 unspecified atom stereocenters. The highest BCUT2D eigenvalue weighted by atomic mass is 16.6. The van der Waals surface area contributed by atoms with Crippen molar-refractivity contribution in [3.63, 3.8) is 0 Å². The Morgan fingerprint density at radius 3 is 2.75 bits per heavy atom. The van der Waals surface area contributed by atoms with E-state index in [4.69, 9.17) is 4.74 Å². The molecule has 70 valence electrons. The molecule has 0 aromatic rings. The summed E-state index contributed by atoms with van der Waals surface area (Å²) in [4.78, 5) is 2.17. The Hall–Kier alpha value is -0.120. The fourth-order valence-corrected chi connectivity index (χ4v) is 2.12. The monoisotopic (exact) mass is 171 g/mol. The average Bonchev–Trinajstić information content (AvgIpc) is 2.72. The zero-order chi connectivity index (χ0) is 8.72. The molecule has 3 nitrogen and oxygen atoms in total. The molecule has 2 rings (SSSR count). The van der Waals surface area contributed by atoms with Crippen LogP contribution >= 0.6 is 0 Å². The van der Waals surface area contributed by atoms with Gasteiger partial charge in [0, 0.05) is 6.04 Å². The second-order valence-corrected chi connectivity index (χ2v) is 4.14. The second kappa shape index (κ2) is 2.98. The molecule has 2 fully saturated rings. The summed E-state index contributed by atoms with van der Waals surface area (Å²) in [5, 5.41) is 9.56. The molecule has 0 spiro atoms. The summed E-state index contributed by atoms with van der Waals surface area (Å²) in [7, 11) is 4.11. The van der Waals surface area contributed by atoms with Crippen molar-refractivity contribution in [3.8, 4) is 0 Å². The van der Waals surface area contributed by atoms with Crippen LogP contribution < -0.4 is 0 Å². The molecule has 1 aliphatic heterocycles. The highest BCUT2D eigenvalue weighted by Gasteiger charge is 2.47. The zero-order valence-corrected chi connectivity index (χ0v) is 7.73. The Balaban J connectivity index is 2.00. The number of rotatable bonds is 1. The lowest BCUT2D eigenvalue weighted by atomic mass is 10.1. The van der Waals surface area contributed by atoms with Gasteiger partial charge in [-0.3, -0.25) is 0 Å². The predicted molar refractivity (Wildman–Crippen MR) is 46.0 cm³/mol. The van der Waals surface area contributed by atoms with Gasteiger partial charge in [-0.15, -0.1) is 0 Å². The summed E-state index contributed by atoms with van der Waals surface area (Å²) in [5.41, 5.74) is 0. The summed E-state index contributed by atoms with van der Waals surface area (Å²) in [6, 6.07) is 0.424. The molecule has 0 amide bonds. The van der Waals surface area contributed by atoms with Crippen LogP contribution in [0.3, 0.4) is 0 Å². The first-order chi connectivity index (χ1) is 5.68. The van der Waals surface area contributed by atoms with E-state index in [1.165, 1.54) is 0 Å². The number of likely N-dealkylation sites (N-methyl/N-ethyl adjacent to an activating group) is 1. The molecule has 1 aliphatic carbocycles. The summed E-state index contributed by atoms with van der Waals surface area (Å²) >= 11 is 0. The smallest absolute Gasteiger partial charge is 0.0997 e. The number of nitrogens with zero attached hydrogens (tertiary/aromatic N) is 1. The fourth-order valence-electron chi connectivity index (χ4n) is 2.12. The molecule has 1 N–H and O–H groups in total. The van der Waals surface area contributed by atoms with Gasteiger partial charge in [-0.25, -0.2) is 0 Å². The van der Waals surface area contributed by atoms with Crippen molar-refractivity contribution in [1.29, 1.82) is 0 Å². The fraction of sp³-hybridized carbons (Fsp3) is 1.00. The molecule has 1 saturated carbocycles. The Bertz CT molecular complexity index is 170. The third-order valence-corrected chi connectivity index (χ3v) is 2.96. The van der Waals surface area contributed by atoms with Gasteiger partial charge in [0.25, 0.3) is 0 Å². The SMILES string of the molecule is CN(C)C1C[C@H](O)CCC2OC21. The number of aliphatic hydroxyl groups is 1. The molecule has 1 saturated heterocycles.